The number of sulfonamides is 1. The molecule has 0 fully saturated rings. The van der Waals surface area contributed by atoms with Gasteiger partial charge in [-0.05, 0) is 41.8 Å². The van der Waals surface area contributed by atoms with Crippen LogP contribution in [-0.4, -0.2) is 25.2 Å². The average molecular weight is 435 g/mol. The molecule has 0 amide bonds. The molecule has 0 aliphatic rings. The summed E-state index contributed by atoms with van der Waals surface area (Å²) in [6, 6.07) is 12.2. The Kier molecular flexibility index (Phi) is 5.65. The molecule has 0 saturated carbocycles. The van der Waals surface area contributed by atoms with Crippen LogP contribution in [0.2, 0.25) is 5.02 Å². The smallest absolute Gasteiger partial charge is 0.331 e. The minimum Gasteiger partial charge on any atom is -0.425 e. The quantitative estimate of drug-likeness (QED) is 0.471. The lowest BCUT2D eigenvalue weighted by Gasteiger charge is -2.22. The van der Waals surface area contributed by atoms with Crippen LogP contribution in [0.5, 0.6) is 5.75 Å². The monoisotopic (exact) mass is 434 g/mol. The summed E-state index contributed by atoms with van der Waals surface area (Å²) in [6.07, 6.45) is 2.82. The van der Waals surface area contributed by atoms with Crippen molar-refractivity contribution in [2.75, 3.05) is 11.0 Å². The fourth-order valence-electron chi connectivity index (χ4n) is 3.12. The maximum Gasteiger partial charge on any atom is 0.331 e. The maximum atomic E-state index is 12.6. The first-order chi connectivity index (χ1) is 13.4. The van der Waals surface area contributed by atoms with Crippen LogP contribution in [0, 0.1) is 0 Å². The Morgan fingerprint density at radius 3 is 2.55 bits per heavy atom. The number of hydrogen-bond acceptors (Lipinski definition) is 4. The molecule has 0 aliphatic carbocycles. The number of benzene rings is 2. The van der Waals surface area contributed by atoms with Gasteiger partial charge >= 0.3 is 5.97 Å². The number of halogens is 1. The van der Waals surface area contributed by atoms with Gasteiger partial charge in [0.1, 0.15) is 12.3 Å². The van der Waals surface area contributed by atoms with E-state index in [-0.39, 0.29) is 12.0 Å². The zero-order valence-corrected chi connectivity index (χ0v) is 18.3. The molecule has 3 aromatic rings. The Bertz CT molecular complexity index is 1180. The first-order valence-electron chi connectivity index (χ1n) is 9.00. The van der Waals surface area contributed by atoms with Gasteiger partial charge in [0.15, 0.2) is 0 Å². The van der Waals surface area contributed by atoms with Gasteiger partial charge in [-0.2, -0.15) is 0 Å². The summed E-state index contributed by atoms with van der Waals surface area (Å²) >= 11 is 6.11. The van der Waals surface area contributed by atoms with Gasteiger partial charge in [-0.1, -0.05) is 38.4 Å². The van der Waals surface area contributed by atoms with Crippen LogP contribution >= 0.6 is 11.6 Å². The van der Waals surface area contributed by atoms with E-state index in [9.17, 15) is 13.2 Å². The summed E-state index contributed by atoms with van der Waals surface area (Å²) in [6.45, 7) is 6.04. The molecule has 1 N–H and O–H groups in total. The van der Waals surface area contributed by atoms with Crippen LogP contribution in [0.15, 0.2) is 48.7 Å². The van der Waals surface area contributed by atoms with Crippen LogP contribution in [0.3, 0.4) is 0 Å². The van der Waals surface area contributed by atoms with Gasteiger partial charge < -0.3 is 9.30 Å². The third-order valence-electron chi connectivity index (χ3n) is 4.38. The van der Waals surface area contributed by atoms with Gasteiger partial charge in [0, 0.05) is 22.2 Å². The summed E-state index contributed by atoms with van der Waals surface area (Å²) in [4.78, 5) is 12.6. The largest absolute Gasteiger partial charge is 0.425 e. The molecule has 0 spiro atoms. The molecule has 8 heteroatoms. The van der Waals surface area contributed by atoms with Gasteiger partial charge in [-0.25, -0.2) is 13.2 Å². The molecule has 2 aromatic carbocycles. The molecule has 0 unspecified atom stereocenters. The lowest BCUT2D eigenvalue weighted by Crippen LogP contribution is -2.19. The van der Waals surface area contributed by atoms with Crippen molar-refractivity contribution in [3.05, 3.63) is 59.2 Å². The van der Waals surface area contributed by atoms with E-state index >= 15 is 0 Å². The average Bonchev–Trinajstić information content (AvgIpc) is 2.98. The SMILES string of the molecule is CC(C)(C)c1cc(Cl)ccc1OC(=O)Cn1ccc2c(NS(C)(=O)=O)cccc21. The first-order valence-corrected chi connectivity index (χ1v) is 11.3. The molecule has 154 valence electrons. The molecule has 1 aromatic heterocycles. The van der Waals surface area contributed by atoms with Gasteiger partial charge in [-0.3, -0.25) is 4.72 Å². The standard InChI is InChI=1S/C21H23ClN2O4S/c1-21(2,3)16-12-14(22)8-9-19(16)28-20(25)13-24-11-10-15-17(23-29(4,26)27)6-5-7-18(15)24/h5-12,23H,13H2,1-4H3. The number of nitrogens with one attached hydrogen (secondary N) is 1. The van der Waals surface area contributed by atoms with Gasteiger partial charge in [0.25, 0.3) is 0 Å². The number of rotatable bonds is 5. The highest BCUT2D eigenvalue weighted by atomic mass is 35.5. The van der Waals surface area contributed by atoms with E-state index in [0.29, 0.717) is 21.8 Å². The van der Waals surface area contributed by atoms with E-state index in [1.165, 1.54) is 0 Å². The van der Waals surface area contributed by atoms with E-state index in [4.69, 9.17) is 16.3 Å². The van der Waals surface area contributed by atoms with Crippen molar-refractivity contribution in [3.63, 3.8) is 0 Å². The molecule has 0 radical (unpaired) electrons. The Morgan fingerprint density at radius 1 is 1.17 bits per heavy atom. The Hall–Kier alpha value is -2.51. The molecule has 0 atom stereocenters. The van der Waals surface area contributed by atoms with Gasteiger partial charge in [-0.15, -0.1) is 0 Å². The number of carbonyl (C=O) groups excluding carboxylic acids is 1. The predicted octanol–water partition coefficient (Wildman–Crippen LogP) is 4.57. The summed E-state index contributed by atoms with van der Waals surface area (Å²) in [7, 11) is -3.41. The molecule has 1 heterocycles. The Balaban J connectivity index is 1.86. The first kappa shape index (κ1) is 21.2. The maximum absolute atomic E-state index is 12.6. The molecule has 0 bridgehead atoms. The summed E-state index contributed by atoms with van der Waals surface area (Å²) < 4.78 is 33.0. The van der Waals surface area contributed by atoms with Crippen molar-refractivity contribution >= 4 is 44.2 Å². The topological polar surface area (TPSA) is 77.4 Å². The second-order valence-corrected chi connectivity index (χ2v) is 10.1. The number of hydrogen-bond donors (Lipinski definition) is 1. The van der Waals surface area contributed by atoms with Crippen LogP contribution in [0.25, 0.3) is 10.9 Å². The molecule has 3 rings (SSSR count). The van der Waals surface area contributed by atoms with Crippen LogP contribution < -0.4 is 9.46 Å². The van der Waals surface area contributed by atoms with Crippen molar-refractivity contribution in [1.29, 1.82) is 0 Å². The van der Waals surface area contributed by atoms with Crippen molar-refractivity contribution in [2.24, 2.45) is 0 Å². The lowest BCUT2D eigenvalue weighted by atomic mass is 9.86. The highest BCUT2D eigenvalue weighted by Gasteiger charge is 2.21. The molecule has 29 heavy (non-hydrogen) atoms. The Morgan fingerprint density at radius 2 is 1.90 bits per heavy atom. The second-order valence-electron chi connectivity index (χ2n) is 7.92. The van der Waals surface area contributed by atoms with E-state index in [1.807, 2.05) is 26.8 Å². The summed E-state index contributed by atoms with van der Waals surface area (Å²) in [5.74, 6) is 0.0413. The fourth-order valence-corrected chi connectivity index (χ4v) is 3.87. The van der Waals surface area contributed by atoms with E-state index in [2.05, 4.69) is 4.72 Å². The third-order valence-corrected chi connectivity index (χ3v) is 5.21. The lowest BCUT2D eigenvalue weighted by molar-refractivity contribution is -0.135. The second kappa shape index (κ2) is 7.72. The minimum atomic E-state index is -3.41. The predicted molar refractivity (Wildman–Crippen MR) is 116 cm³/mol. The molecule has 6 nitrogen and oxygen atoms in total. The normalized spacial score (nSPS) is 12.2. The highest BCUT2D eigenvalue weighted by Crippen LogP contribution is 2.34. The highest BCUT2D eigenvalue weighted by molar-refractivity contribution is 7.92. The van der Waals surface area contributed by atoms with Crippen molar-refractivity contribution in [2.45, 2.75) is 32.7 Å². The molecular weight excluding hydrogens is 412 g/mol. The number of carbonyl (C=O) groups is 1. The van der Waals surface area contributed by atoms with E-state index in [0.717, 1.165) is 17.3 Å². The number of ether oxygens (including phenoxy) is 1. The van der Waals surface area contributed by atoms with Crippen molar-refractivity contribution < 1.29 is 17.9 Å². The molecular formula is C21H23ClN2O4S. The number of esters is 1. The van der Waals surface area contributed by atoms with Crippen LogP contribution in [0.1, 0.15) is 26.3 Å². The summed E-state index contributed by atoms with van der Waals surface area (Å²) in [5, 5.41) is 1.28. The number of fused-ring (bicyclic) bond motifs is 1. The molecule has 0 saturated heterocycles. The van der Waals surface area contributed by atoms with Gasteiger partial charge in [0.05, 0.1) is 17.5 Å². The van der Waals surface area contributed by atoms with Crippen LogP contribution in [0.4, 0.5) is 5.69 Å². The summed E-state index contributed by atoms with van der Waals surface area (Å²) in [5.41, 5.74) is 1.79. The van der Waals surface area contributed by atoms with E-state index in [1.54, 1.807) is 47.2 Å². The number of anilines is 1. The van der Waals surface area contributed by atoms with E-state index < -0.39 is 16.0 Å². The zero-order valence-electron chi connectivity index (χ0n) is 16.7. The van der Waals surface area contributed by atoms with Gasteiger partial charge in [0.2, 0.25) is 10.0 Å². The van der Waals surface area contributed by atoms with Crippen molar-refractivity contribution in [1.82, 2.24) is 4.57 Å². The minimum absolute atomic E-state index is 0.0158. The number of nitrogens with zero attached hydrogens (tertiary/aromatic N) is 1. The number of aromatic nitrogens is 1. The zero-order chi connectivity index (χ0) is 21.4. The Labute approximate surface area is 175 Å². The van der Waals surface area contributed by atoms with Crippen molar-refractivity contribution in [3.8, 4) is 5.75 Å². The molecule has 0 aliphatic heterocycles. The van der Waals surface area contributed by atoms with Crippen LogP contribution in [-0.2, 0) is 26.8 Å². The third kappa shape index (κ3) is 5.10. The fraction of sp³-hybridized carbons (Fsp3) is 0.286.